The quantitative estimate of drug-likeness (QED) is 0.506. The third-order valence-corrected chi connectivity index (χ3v) is 8.41. The summed E-state index contributed by atoms with van der Waals surface area (Å²) in [7, 11) is -4.98. The van der Waals surface area contributed by atoms with E-state index < -0.39 is 24.6 Å². The zero-order valence-corrected chi connectivity index (χ0v) is 17.6. The molecule has 152 valence electrons. The van der Waals surface area contributed by atoms with Gasteiger partial charge >= 0.3 is 0 Å². The molecule has 8 nitrogen and oxygen atoms in total. The molecule has 0 spiro atoms. The molecule has 0 unspecified atom stereocenters. The highest BCUT2D eigenvalue weighted by molar-refractivity contribution is 7.92. The summed E-state index contributed by atoms with van der Waals surface area (Å²) in [5.74, 6) is 0.461. The average molecular weight is 417 g/mol. The Kier molecular flexibility index (Phi) is 6.87. The van der Waals surface area contributed by atoms with Gasteiger partial charge in [-0.1, -0.05) is 30.3 Å². The van der Waals surface area contributed by atoms with E-state index in [4.69, 9.17) is 0 Å². The molecule has 1 aromatic carbocycles. The van der Waals surface area contributed by atoms with Gasteiger partial charge < -0.3 is 10.2 Å². The molecule has 0 aliphatic carbocycles. The molecule has 2 N–H and O–H groups in total. The number of guanidine groups is 1. The second kappa shape index (κ2) is 8.57. The minimum atomic E-state index is -3.44. The predicted molar refractivity (Wildman–Crippen MR) is 108 cm³/mol. The van der Waals surface area contributed by atoms with Crippen LogP contribution >= 0.6 is 0 Å². The van der Waals surface area contributed by atoms with Crippen molar-refractivity contribution in [2.24, 2.45) is 4.99 Å². The summed E-state index contributed by atoms with van der Waals surface area (Å²) in [5, 5.41) is 3.02. The summed E-state index contributed by atoms with van der Waals surface area (Å²) in [6, 6.07) is 9.30. The van der Waals surface area contributed by atoms with Gasteiger partial charge in [-0.25, -0.2) is 21.6 Å². The second-order valence-electron chi connectivity index (χ2n) is 7.10. The Morgan fingerprint density at radius 1 is 1.26 bits per heavy atom. The predicted octanol–water partition coefficient (Wildman–Crippen LogP) is 0.190. The maximum absolute atomic E-state index is 12.2. The van der Waals surface area contributed by atoms with Gasteiger partial charge in [0.2, 0.25) is 10.0 Å². The van der Waals surface area contributed by atoms with E-state index in [-0.39, 0.29) is 24.6 Å². The third kappa shape index (κ3) is 5.91. The van der Waals surface area contributed by atoms with E-state index in [9.17, 15) is 16.8 Å². The van der Waals surface area contributed by atoms with Crippen LogP contribution in [0.5, 0.6) is 0 Å². The summed E-state index contributed by atoms with van der Waals surface area (Å²) < 4.78 is 50.2. The second-order valence-corrected chi connectivity index (χ2v) is 11.8. The fraction of sp³-hybridized carbons (Fsp3) is 0.588. The van der Waals surface area contributed by atoms with Gasteiger partial charge in [-0.15, -0.1) is 0 Å². The smallest absolute Gasteiger partial charge is 0.213 e. The number of hydrogen-bond donors (Lipinski definition) is 2. The highest BCUT2D eigenvalue weighted by Gasteiger charge is 2.40. The van der Waals surface area contributed by atoms with Crippen molar-refractivity contribution in [3.63, 3.8) is 0 Å². The highest BCUT2D eigenvalue weighted by atomic mass is 32.2. The number of benzene rings is 1. The van der Waals surface area contributed by atoms with Crippen molar-refractivity contribution in [2.45, 2.75) is 25.1 Å². The van der Waals surface area contributed by atoms with E-state index in [1.165, 1.54) is 0 Å². The topological polar surface area (TPSA) is 108 Å². The summed E-state index contributed by atoms with van der Waals surface area (Å²) in [6.07, 6.45) is 0. The van der Waals surface area contributed by atoms with Crippen molar-refractivity contribution < 1.29 is 16.8 Å². The molecule has 0 saturated carbocycles. The van der Waals surface area contributed by atoms with Crippen LogP contribution in [0.2, 0.25) is 0 Å². The summed E-state index contributed by atoms with van der Waals surface area (Å²) in [4.78, 5) is 6.01. The molecule has 1 aliphatic rings. The van der Waals surface area contributed by atoms with Crippen molar-refractivity contribution in [2.75, 3.05) is 38.2 Å². The largest absolute Gasteiger partial charge is 0.355 e. The molecule has 2 rings (SSSR count). The van der Waals surface area contributed by atoms with Crippen LogP contribution in [0.15, 0.2) is 35.3 Å². The van der Waals surface area contributed by atoms with E-state index in [2.05, 4.69) is 15.0 Å². The lowest BCUT2D eigenvalue weighted by atomic mass is 10.2. The van der Waals surface area contributed by atoms with Crippen LogP contribution < -0.4 is 10.0 Å². The maximum atomic E-state index is 12.2. The van der Waals surface area contributed by atoms with Gasteiger partial charge in [0.25, 0.3) is 0 Å². The fourth-order valence-corrected chi connectivity index (χ4v) is 5.08. The van der Waals surface area contributed by atoms with Gasteiger partial charge in [-0.05, 0) is 19.4 Å². The van der Waals surface area contributed by atoms with Crippen molar-refractivity contribution in [3.05, 3.63) is 35.9 Å². The first-order valence-electron chi connectivity index (χ1n) is 8.75. The first kappa shape index (κ1) is 21.6. The Morgan fingerprint density at radius 3 is 2.52 bits per heavy atom. The fourth-order valence-electron chi connectivity index (χ4n) is 2.82. The number of sulfonamides is 1. The van der Waals surface area contributed by atoms with E-state index in [1.807, 2.05) is 35.2 Å². The number of rotatable bonds is 6. The monoisotopic (exact) mass is 416 g/mol. The van der Waals surface area contributed by atoms with Gasteiger partial charge in [0.05, 0.1) is 16.3 Å². The van der Waals surface area contributed by atoms with Crippen molar-refractivity contribution in [3.8, 4) is 0 Å². The van der Waals surface area contributed by atoms with E-state index in [0.717, 1.165) is 5.56 Å². The van der Waals surface area contributed by atoms with Crippen LogP contribution in [0.3, 0.4) is 0 Å². The summed E-state index contributed by atoms with van der Waals surface area (Å²) in [5.41, 5.74) is 0.890. The Morgan fingerprint density at radius 2 is 1.93 bits per heavy atom. The molecule has 10 heteroatoms. The van der Waals surface area contributed by atoms with Crippen LogP contribution in [-0.2, 0) is 26.4 Å². The standard InChI is InChI=1S/C17H28N4O4S2/c1-17(2)14-21(10-12-26(17,22)23)16(18-3)19-9-11-27(24,25)20-13-15-7-5-4-6-8-15/h4-8,20H,9-14H2,1-3H3,(H,18,19). The maximum Gasteiger partial charge on any atom is 0.213 e. The Bertz CT molecular complexity index is 865. The minimum absolute atomic E-state index is 0.0532. The molecule has 0 amide bonds. The van der Waals surface area contributed by atoms with Crippen LogP contribution in [-0.4, -0.2) is 70.6 Å². The summed E-state index contributed by atoms with van der Waals surface area (Å²) >= 11 is 0. The molecule has 0 aromatic heterocycles. The molecule has 1 saturated heterocycles. The van der Waals surface area contributed by atoms with Crippen molar-refractivity contribution in [1.29, 1.82) is 0 Å². The first-order chi connectivity index (χ1) is 12.6. The van der Waals surface area contributed by atoms with Crippen LogP contribution in [0.1, 0.15) is 19.4 Å². The minimum Gasteiger partial charge on any atom is -0.355 e. The molecule has 0 atom stereocenters. The Balaban J connectivity index is 1.85. The lowest BCUT2D eigenvalue weighted by Gasteiger charge is -2.39. The van der Waals surface area contributed by atoms with Gasteiger partial charge in [-0.2, -0.15) is 0 Å². The van der Waals surface area contributed by atoms with Gasteiger partial charge in [0, 0.05) is 33.2 Å². The number of aliphatic imine (C=N–C) groups is 1. The Hall–Kier alpha value is -1.65. The number of hydrogen-bond acceptors (Lipinski definition) is 5. The molecule has 1 aromatic rings. The third-order valence-electron chi connectivity index (χ3n) is 4.55. The van der Waals surface area contributed by atoms with Crippen molar-refractivity contribution in [1.82, 2.24) is 14.9 Å². The summed E-state index contributed by atoms with van der Waals surface area (Å²) in [6.45, 7) is 4.47. The average Bonchev–Trinajstić information content (AvgIpc) is 2.61. The molecule has 1 heterocycles. The molecule has 1 fully saturated rings. The Labute approximate surface area is 162 Å². The van der Waals surface area contributed by atoms with Crippen LogP contribution in [0.25, 0.3) is 0 Å². The zero-order valence-electron chi connectivity index (χ0n) is 16.0. The first-order valence-corrected chi connectivity index (χ1v) is 12.1. The number of nitrogens with zero attached hydrogens (tertiary/aromatic N) is 2. The zero-order chi connectivity index (χ0) is 20.1. The van der Waals surface area contributed by atoms with Crippen LogP contribution in [0, 0.1) is 0 Å². The molecule has 0 bridgehead atoms. The van der Waals surface area contributed by atoms with Gasteiger partial charge in [0.1, 0.15) is 0 Å². The SMILES string of the molecule is CN=C(NCCS(=O)(=O)NCc1ccccc1)N1CCS(=O)(=O)C(C)(C)C1. The molecular formula is C17H28N4O4S2. The van der Waals surface area contributed by atoms with E-state index in [0.29, 0.717) is 19.0 Å². The molecule has 0 radical (unpaired) electrons. The lowest BCUT2D eigenvalue weighted by molar-refractivity contribution is 0.354. The normalized spacial score (nSPS) is 19.7. The van der Waals surface area contributed by atoms with E-state index in [1.54, 1.807) is 20.9 Å². The molecular weight excluding hydrogens is 388 g/mol. The number of nitrogens with one attached hydrogen (secondary N) is 2. The van der Waals surface area contributed by atoms with Crippen LogP contribution in [0.4, 0.5) is 0 Å². The van der Waals surface area contributed by atoms with E-state index >= 15 is 0 Å². The lowest BCUT2D eigenvalue weighted by Crippen LogP contribution is -2.57. The number of sulfone groups is 1. The van der Waals surface area contributed by atoms with Crippen molar-refractivity contribution >= 4 is 25.8 Å². The molecule has 27 heavy (non-hydrogen) atoms. The van der Waals surface area contributed by atoms with Gasteiger partial charge in [-0.3, -0.25) is 4.99 Å². The molecule has 1 aliphatic heterocycles. The van der Waals surface area contributed by atoms with Gasteiger partial charge in [0.15, 0.2) is 15.8 Å². The highest BCUT2D eigenvalue weighted by Crippen LogP contribution is 2.23.